The number of ether oxygens (including phenoxy) is 2. The van der Waals surface area contributed by atoms with Crippen LogP contribution in [-0.2, 0) is 32.7 Å². The van der Waals surface area contributed by atoms with Crippen molar-refractivity contribution in [2.75, 3.05) is 47.5 Å². The van der Waals surface area contributed by atoms with Crippen molar-refractivity contribution in [1.29, 1.82) is 0 Å². The van der Waals surface area contributed by atoms with E-state index in [2.05, 4.69) is 11.7 Å². The second kappa shape index (κ2) is 19.3. The van der Waals surface area contributed by atoms with Crippen molar-refractivity contribution < 1.29 is 42.1 Å². The number of phosphoric ester groups is 1. The first-order valence-electron chi connectivity index (χ1n) is 12.3. The lowest BCUT2D eigenvalue weighted by molar-refractivity contribution is -0.870. The van der Waals surface area contributed by atoms with Crippen molar-refractivity contribution in [2.45, 2.75) is 90.1 Å². The summed E-state index contributed by atoms with van der Waals surface area (Å²) in [6.07, 6.45) is 12.3. The third-order valence-corrected chi connectivity index (χ3v) is 6.06. The fourth-order valence-electron chi connectivity index (χ4n) is 3.09. The van der Waals surface area contributed by atoms with E-state index in [0.717, 1.165) is 12.8 Å². The first kappa shape index (κ1) is 32.0. The lowest BCUT2D eigenvalue weighted by Crippen LogP contribution is -2.37. The SMILES string of the molecule is CCCCCCCCCCCCCC(=O)O[C@H](COC=O)COP(=O)(O)OCC[N+](C)(C)C. The molecule has 0 aliphatic carbocycles. The van der Waals surface area contributed by atoms with Crippen molar-refractivity contribution in [3.63, 3.8) is 0 Å². The fourth-order valence-corrected chi connectivity index (χ4v) is 3.83. The number of hydrogen-bond donors (Lipinski definition) is 1. The van der Waals surface area contributed by atoms with Gasteiger partial charge in [-0.15, -0.1) is 0 Å². The van der Waals surface area contributed by atoms with Crippen LogP contribution in [0, 0.1) is 0 Å². The molecule has 1 unspecified atom stereocenters. The van der Waals surface area contributed by atoms with Crippen LogP contribution < -0.4 is 0 Å². The zero-order chi connectivity index (χ0) is 25.0. The standard InChI is InChI=1S/C23H46NO8P/c1-5-6-7-8-9-10-11-12-13-14-15-16-23(26)32-22(19-29-21-25)20-31-33(27,28)30-18-17-24(2,3)4/h21-22H,5-20H2,1-4H3/p+1/t22-/m1/s1. The molecule has 9 nitrogen and oxygen atoms in total. The number of quaternary nitrogens is 1. The molecule has 196 valence electrons. The molecule has 0 saturated heterocycles. The number of hydrogen-bond acceptors (Lipinski definition) is 7. The van der Waals surface area contributed by atoms with Gasteiger partial charge in [0.25, 0.3) is 6.47 Å². The number of rotatable bonds is 23. The van der Waals surface area contributed by atoms with Crippen molar-refractivity contribution in [2.24, 2.45) is 0 Å². The summed E-state index contributed by atoms with van der Waals surface area (Å²) in [5, 5.41) is 0. The van der Waals surface area contributed by atoms with Crippen molar-refractivity contribution >= 4 is 20.3 Å². The Bertz CT molecular complexity index is 553. The number of esters is 1. The highest BCUT2D eigenvalue weighted by Crippen LogP contribution is 2.43. The third-order valence-electron chi connectivity index (χ3n) is 5.07. The van der Waals surface area contributed by atoms with Gasteiger partial charge in [0.05, 0.1) is 27.7 Å². The first-order valence-corrected chi connectivity index (χ1v) is 13.8. The smallest absolute Gasteiger partial charge is 0.464 e. The van der Waals surface area contributed by atoms with E-state index in [4.69, 9.17) is 13.8 Å². The van der Waals surface area contributed by atoms with E-state index in [1.54, 1.807) is 0 Å². The van der Waals surface area contributed by atoms with Crippen LogP contribution in [0.4, 0.5) is 0 Å². The minimum atomic E-state index is -4.30. The Balaban J connectivity index is 4.06. The van der Waals surface area contributed by atoms with E-state index in [9.17, 15) is 19.0 Å². The van der Waals surface area contributed by atoms with E-state index in [1.807, 2.05) is 21.1 Å². The lowest BCUT2D eigenvalue weighted by Gasteiger charge is -2.24. The van der Waals surface area contributed by atoms with Gasteiger partial charge in [-0.2, -0.15) is 0 Å². The minimum Gasteiger partial charge on any atom is -0.464 e. The molecule has 0 rings (SSSR count). The molecule has 0 aliphatic rings. The van der Waals surface area contributed by atoms with E-state index < -0.39 is 26.5 Å². The van der Waals surface area contributed by atoms with Gasteiger partial charge in [0.2, 0.25) is 0 Å². The highest BCUT2D eigenvalue weighted by molar-refractivity contribution is 7.47. The summed E-state index contributed by atoms with van der Waals surface area (Å²) in [5.41, 5.74) is 0. The summed E-state index contributed by atoms with van der Waals surface area (Å²) >= 11 is 0. The molecule has 0 aliphatic heterocycles. The zero-order valence-corrected chi connectivity index (χ0v) is 22.1. The maximum Gasteiger partial charge on any atom is 0.472 e. The second-order valence-corrected chi connectivity index (χ2v) is 10.9. The Morgan fingerprint density at radius 1 is 0.909 bits per heavy atom. The minimum absolute atomic E-state index is 0.0332. The number of likely N-dealkylation sites (N-methyl/N-ethyl adjacent to an activating group) is 1. The van der Waals surface area contributed by atoms with Gasteiger partial charge in [-0.3, -0.25) is 18.6 Å². The van der Waals surface area contributed by atoms with Crippen LogP contribution in [0.2, 0.25) is 0 Å². The maximum atomic E-state index is 12.1. The second-order valence-electron chi connectivity index (χ2n) is 9.44. The summed E-state index contributed by atoms with van der Waals surface area (Å²) in [5.74, 6) is -0.451. The molecule has 0 fully saturated rings. The van der Waals surface area contributed by atoms with E-state index in [0.29, 0.717) is 17.4 Å². The molecule has 0 radical (unpaired) electrons. The first-order chi connectivity index (χ1) is 15.6. The summed E-state index contributed by atoms with van der Waals surface area (Å²) < 4.78 is 32.3. The number of carbonyl (C=O) groups excluding carboxylic acids is 2. The fraction of sp³-hybridized carbons (Fsp3) is 0.913. The monoisotopic (exact) mass is 496 g/mol. The summed E-state index contributed by atoms with van der Waals surface area (Å²) in [4.78, 5) is 32.4. The molecule has 0 amide bonds. The van der Waals surface area contributed by atoms with Gasteiger partial charge >= 0.3 is 13.8 Å². The molecular weight excluding hydrogens is 449 g/mol. The Hall–Kier alpha value is -0.990. The molecule has 2 atom stereocenters. The summed E-state index contributed by atoms with van der Waals surface area (Å²) in [6, 6.07) is 0. The molecule has 33 heavy (non-hydrogen) atoms. The average molecular weight is 497 g/mol. The molecule has 10 heteroatoms. The molecule has 0 bridgehead atoms. The normalized spacial score (nSPS) is 14.5. The number of unbranched alkanes of at least 4 members (excludes halogenated alkanes) is 10. The molecule has 0 aromatic rings. The molecule has 1 N–H and O–H groups in total. The predicted octanol–water partition coefficient (Wildman–Crippen LogP) is 4.61. The molecule has 0 heterocycles. The largest absolute Gasteiger partial charge is 0.472 e. The summed E-state index contributed by atoms with van der Waals surface area (Å²) in [6.45, 7) is 2.33. The number of phosphoric acid groups is 1. The zero-order valence-electron chi connectivity index (χ0n) is 21.2. The summed E-state index contributed by atoms with van der Waals surface area (Å²) in [7, 11) is 1.47. The van der Waals surface area contributed by atoms with Crippen LogP contribution in [0.25, 0.3) is 0 Å². The van der Waals surface area contributed by atoms with Crippen molar-refractivity contribution in [3.8, 4) is 0 Å². The number of carbonyl (C=O) groups is 2. The van der Waals surface area contributed by atoms with Gasteiger partial charge in [0.15, 0.2) is 6.10 Å². The average Bonchev–Trinajstić information content (AvgIpc) is 2.73. The predicted molar refractivity (Wildman–Crippen MR) is 128 cm³/mol. The van der Waals surface area contributed by atoms with Crippen molar-refractivity contribution in [3.05, 3.63) is 0 Å². The lowest BCUT2D eigenvalue weighted by atomic mass is 10.1. The van der Waals surface area contributed by atoms with Gasteiger partial charge in [-0.05, 0) is 6.42 Å². The third kappa shape index (κ3) is 22.6. The topological polar surface area (TPSA) is 108 Å². The van der Waals surface area contributed by atoms with Crippen LogP contribution in [0.5, 0.6) is 0 Å². The van der Waals surface area contributed by atoms with Gasteiger partial charge in [-0.25, -0.2) is 4.57 Å². The van der Waals surface area contributed by atoms with Gasteiger partial charge in [0.1, 0.15) is 19.8 Å². The molecule has 0 spiro atoms. The Labute approximate surface area is 200 Å². The van der Waals surface area contributed by atoms with E-state index >= 15 is 0 Å². The molecular formula is C23H47NO8P+. The van der Waals surface area contributed by atoms with Gasteiger partial charge < -0.3 is 18.9 Å². The van der Waals surface area contributed by atoms with Crippen LogP contribution in [0.15, 0.2) is 0 Å². The quantitative estimate of drug-likeness (QED) is 0.0718. The van der Waals surface area contributed by atoms with E-state index in [-0.39, 0.29) is 26.1 Å². The van der Waals surface area contributed by atoms with Crippen LogP contribution >= 0.6 is 7.82 Å². The van der Waals surface area contributed by atoms with Crippen LogP contribution in [0.3, 0.4) is 0 Å². The van der Waals surface area contributed by atoms with Crippen LogP contribution in [0.1, 0.15) is 84.0 Å². The highest BCUT2D eigenvalue weighted by atomic mass is 31.2. The molecule has 0 saturated carbocycles. The Kier molecular flexibility index (Phi) is 18.8. The number of nitrogens with zero attached hydrogens (tertiary/aromatic N) is 1. The Morgan fingerprint density at radius 2 is 1.45 bits per heavy atom. The molecule has 0 aromatic heterocycles. The van der Waals surface area contributed by atoms with Crippen LogP contribution in [-0.4, -0.2) is 75.4 Å². The van der Waals surface area contributed by atoms with E-state index in [1.165, 1.54) is 51.4 Å². The van der Waals surface area contributed by atoms with Gasteiger partial charge in [-0.1, -0.05) is 71.1 Å². The Morgan fingerprint density at radius 3 is 1.97 bits per heavy atom. The van der Waals surface area contributed by atoms with Crippen molar-refractivity contribution in [1.82, 2.24) is 0 Å². The highest BCUT2D eigenvalue weighted by Gasteiger charge is 2.26. The molecule has 0 aromatic carbocycles. The maximum absolute atomic E-state index is 12.1. The van der Waals surface area contributed by atoms with Gasteiger partial charge in [0, 0.05) is 6.42 Å².